The molecule has 0 saturated heterocycles. The van der Waals surface area contributed by atoms with Gasteiger partial charge >= 0.3 is 0 Å². The summed E-state index contributed by atoms with van der Waals surface area (Å²) in [6, 6.07) is 48.5. The maximum Gasteiger partial charge on any atom is 0.179 e. The van der Waals surface area contributed by atoms with Gasteiger partial charge in [-0.3, -0.25) is 0 Å². The fourth-order valence-corrected chi connectivity index (χ4v) is 8.41. The van der Waals surface area contributed by atoms with Crippen LogP contribution in [0, 0.1) is 0 Å². The molecule has 10 aromatic rings. The average Bonchev–Trinajstić information content (AvgIpc) is 3.73. The lowest BCUT2D eigenvalue weighted by molar-refractivity contribution is 0.633. The van der Waals surface area contributed by atoms with E-state index >= 15 is 0 Å². The van der Waals surface area contributed by atoms with Crippen LogP contribution in [-0.4, -0.2) is 0 Å². The van der Waals surface area contributed by atoms with Gasteiger partial charge in [-0.25, -0.2) is 0 Å². The summed E-state index contributed by atoms with van der Waals surface area (Å²) in [5, 5.41) is 11.8. The van der Waals surface area contributed by atoms with Crippen molar-refractivity contribution in [3.63, 3.8) is 0 Å². The Balaban J connectivity index is 1.23. The summed E-state index contributed by atoms with van der Waals surface area (Å²) in [7, 11) is 0. The summed E-state index contributed by atoms with van der Waals surface area (Å²) < 4.78 is 13.2. The minimum absolute atomic E-state index is 0.805. The van der Waals surface area contributed by atoms with E-state index in [-0.39, 0.29) is 0 Å². The van der Waals surface area contributed by atoms with Gasteiger partial charge in [0.25, 0.3) is 0 Å². The lowest BCUT2D eigenvalue weighted by atomic mass is 9.84. The van der Waals surface area contributed by atoms with Crippen LogP contribution in [0.3, 0.4) is 0 Å². The number of para-hydroxylation sites is 1. The molecular weight excluding hydrogens is 585 g/mol. The molecule has 0 bridgehead atoms. The van der Waals surface area contributed by atoms with E-state index in [4.69, 9.17) is 8.83 Å². The number of hydrogen-bond donors (Lipinski definition) is 0. The molecule has 2 nitrogen and oxygen atoms in total. The smallest absolute Gasteiger partial charge is 0.179 e. The fraction of sp³-hybridized carbons (Fsp3) is 0.0435. The monoisotopic (exact) mass is 612 g/mol. The molecule has 2 heterocycles. The Hall–Kier alpha value is -6.12. The summed E-state index contributed by atoms with van der Waals surface area (Å²) in [6.45, 7) is 0. The Morgan fingerprint density at radius 2 is 0.917 bits per heavy atom. The first kappa shape index (κ1) is 26.0. The first-order valence-electron chi connectivity index (χ1n) is 16.7. The molecule has 0 N–H and O–H groups in total. The van der Waals surface area contributed by atoms with Crippen molar-refractivity contribution in [1.82, 2.24) is 0 Å². The summed E-state index contributed by atoms with van der Waals surface area (Å²) in [4.78, 5) is 0. The van der Waals surface area contributed by atoms with Crippen LogP contribution in [0.5, 0.6) is 0 Å². The van der Waals surface area contributed by atoms with Crippen molar-refractivity contribution in [2.24, 2.45) is 0 Å². The summed E-state index contributed by atoms with van der Waals surface area (Å²) >= 11 is 0. The molecule has 224 valence electrons. The molecule has 48 heavy (non-hydrogen) atoms. The van der Waals surface area contributed by atoms with Crippen LogP contribution in [0.2, 0.25) is 0 Å². The van der Waals surface area contributed by atoms with Crippen molar-refractivity contribution in [3.8, 4) is 22.3 Å². The highest BCUT2D eigenvalue weighted by Crippen LogP contribution is 2.48. The zero-order chi connectivity index (χ0) is 31.3. The number of furan rings is 2. The molecule has 11 rings (SSSR count). The van der Waals surface area contributed by atoms with Gasteiger partial charge in [-0.2, -0.15) is 0 Å². The number of aryl methyl sites for hydroxylation is 1. The van der Waals surface area contributed by atoms with Crippen molar-refractivity contribution < 1.29 is 8.83 Å². The van der Waals surface area contributed by atoms with E-state index in [1.807, 2.05) is 12.1 Å². The lowest BCUT2D eigenvalue weighted by Crippen LogP contribution is -1.96. The molecule has 0 spiro atoms. The van der Waals surface area contributed by atoms with Crippen molar-refractivity contribution in [2.75, 3.05) is 0 Å². The zero-order valence-electron chi connectivity index (χ0n) is 26.1. The minimum Gasteiger partial charge on any atom is -0.452 e. The predicted octanol–water partition coefficient (Wildman–Crippen LogP) is 13.2. The summed E-state index contributed by atoms with van der Waals surface area (Å²) in [5.41, 5.74) is 11.1. The highest BCUT2D eigenvalue weighted by atomic mass is 16.4. The summed E-state index contributed by atoms with van der Waals surface area (Å²) in [5.74, 6) is 0. The first-order valence-corrected chi connectivity index (χ1v) is 16.7. The molecule has 0 aliphatic heterocycles. The van der Waals surface area contributed by atoms with Crippen molar-refractivity contribution >= 4 is 82.3 Å². The molecule has 8 aromatic carbocycles. The molecule has 0 saturated carbocycles. The van der Waals surface area contributed by atoms with Crippen LogP contribution < -0.4 is 0 Å². The standard InChI is InChI=1S/C46H28O2/c1-2-12-28-25-29(22-21-27(28)11-1)41-31-13-3-5-15-33(31)42(34-16-6-4-14-32(34)41)30-23-24-40-38(26-30)44-36-18-8-7-17-35(36)43-37-19-9-10-20-39(37)47-45(43)46(44)48-40/h1,3-11,13-26H,2,12H2. The van der Waals surface area contributed by atoms with Gasteiger partial charge in [-0.1, -0.05) is 127 Å². The third-order valence-electron chi connectivity index (χ3n) is 10.5. The largest absolute Gasteiger partial charge is 0.452 e. The molecule has 0 fully saturated rings. The number of rotatable bonds is 2. The van der Waals surface area contributed by atoms with Gasteiger partial charge in [0.2, 0.25) is 0 Å². The van der Waals surface area contributed by atoms with E-state index < -0.39 is 0 Å². The number of hydrogen-bond acceptors (Lipinski definition) is 2. The third kappa shape index (κ3) is 3.52. The van der Waals surface area contributed by atoms with Crippen molar-refractivity contribution in [2.45, 2.75) is 12.8 Å². The van der Waals surface area contributed by atoms with Gasteiger partial charge < -0.3 is 8.83 Å². The van der Waals surface area contributed by atoms with Crippen molar-refractivity contribution in [1.29, 1.82) is 0 Å². The second-order valence-corrected chi connectivity index (χ2v) is 13.1. The van der Waals surface area contributed by atoms with Crippen LogP contribution in [0.15, 0.2) is 148 Å². The van der Waals surface area contributed by atoms with Gasteiger partial charge in [0.15, 0.2) is 11.2 Å². The molecule has 2 aromatic heterocycles. The van der Waals surface area contributed by atoms with Crippen LogP contribution in [-0.2, 0) is 6.42 Å². The predicted molar refractivity (Wildman–Crippen MR) is 202 cm³/mol. The van der Waals surface area contributed by atoms with Crippen molar-refractivity contribution in [3.05, 3.63) is 151 Å². The van der Waals surface area contributed by atoms with E-state index in [0.29, 0.717) is 0 Å². The quantitative estimate of drug-likeness (QED) is 0.182. The van der Waals surface area contributed by atoms with Crippen LogP contribution >= 0.6 is 0 Å². The Morgan fingerprint density at radius 3 is 1.56 bits per heavy atom. The highest BCUT2D eigenvalue weighted by Gasteiger charge is 2.22. The average molecular weight is 613 g/mol. The first-order chi connectivity index (χ1) is 23.8. The van der Waals surface area contributed by atoms with Gasteiger partial charge in [0, 0.05) is 21.5 Å². The molecule has 0 radical (unpaired) electrons. The van der Waals surface area contributed by atoms with Gasteiger partial charge in [-0.05, 0) is 96.7 Å². The molecule has 0 atom stereocenters. The SMILES string of the molecule is C1=Cc2ccc(-c3c4ccccc4c(-c4ccc5oc6c7oc8ccccc8c7c7ccccc7c6c5c4)c4ccccc34)cc2CC1. The maximum atomic E-state index is 6.69. The Labute approximate surface area is 276 Å². The lowest BCUT2D eigenvalue weighted by Gasteiger charge is -2.19. The van der Waals surface area contributed by atoms with E-state index in [9.17, 15) is 0 Å². The number of allylic oxidation sites excluding steroid dienone is 1. The Kier molecular flexibility index (Phi) is 5.25. The van der Waals surface area contributed by atoms with Gasteiger partial charge in [0.1, 0.15) is 11.2 Å². The number of benzene rings is 8. The van der Waals surface area contributed by atoms with Gasteiger partial charge in [-0.15, -0.1) is 0 Å². The van der Waals surface area contributed by atoms with E-state index in [2.05, 4.69) is 133 Å². The third-order valence-corrected chi connectivity index (χ3v) is 10.5. The molecular formula is C46H28O2. The fourth-order valence-electron chi connectivity index (χ4n) is 8.41. The highest BCUT2D eigenvalue weighted by molar-refractivity contribution is 6.34. The molecule has 2 heteroatoms. The van der Waals surface area contributed by atoms with Crippen LogP contribution in [0.25, 0.3) is 105 Å². The van der Waals surface area contributed by atoms with E-state index in [1.165, 1.54) is 65.7 Å². The topological polar surface area (TPSA) is 26.3 Å². The molecule has 0 amide bonds. The van der Waals surface area contributed by atoms with E-state index in [0.717, 1.165) is 56.7 Å². The summed E-state index contributed by atoms with van der Waals surface area (Å²) in [6.07, 6.45) is 6.73. The normalized spacial score (nSPS) is 13.2. The Morgan fingerprint density at radius 1 is 0.417 bits per heavy atom. The maximum absolute atomic E-state index is 6.69. The minimum atomic E-state index is 0.805. The van der Waals surface area contributed by atoms with Crippen LogP contribution in [0.1, 0.15) is 17.5 Å². The van der Waals surface area contributed by atoms with Gasteiger partial charge in [0.05, 0.1) is 0 Å². The second kappa shape index (κ2) is 9.70. The molecule has 0 unspecified atom stereocenters. The Bertz CT molecular complexity index is 2950. The number of fused-ring (bicyclic) bond motifs is 13. The zero-order valence-corrected chi connectivity index (χ0v) is 26.1. The molecule has 1 aliphatic carbocycles. The van der Waals surface area contributed by atoms with Crippen LogP contribution in [0.4, 0.5) is 0 Å². The van der Waals surface area contributed by atoms with E-state index in [1.54, 1.807) is 0 Å². The second-order valence-electron chi connectivity index (χ2n) is 13.1. The molecule has 1 aliphatic rings.